The third-order valence-corrected chi connectivity index (χ3v) is 3.24. The molecule has 0 heterocycles. The van der Waals surface area contributed by atoms with E-state index >= 15 is 0 Å². The third-order valence-electron chi connectivity index (χ3n) is 2.18. The summed E-state index contributed by atoms with van der Waals surface area (Å²) in [6.07, 6.45) is -0.992. The SMILES string of the molecule is CCOCCC(F)(F)C(F)(F)Sc1ccccc1. The Kier molecular flexibility index (Phi) is 5.47. The Hall–Kier alpha value is -0.750. The topological polar surface area (TPSA) is 9.23 Å². The van der Waals surface area contributed by atoms with Gasteiger partial charge in [-0.1, -0.05) is 18.2 Å². The number of hydrogen-bond acceptors (Lipinski definition) is 2. The van der Waals surface area contributed by atoms with Crippen molar-refractivity contribution in [3.05, 3.63) is 30.3 Å². The standard InChI is InChI=1S/C12H14F4OS/c1-2-17-9-8-11(13,14)12(15,16)18-10-6-4-3-5-7-10/h3-7H,2,8-9H2,1H3. The Morgan fingerprint density at radius 1 is 1.11 bits per heavy atom. The van der Waals surface area contributed by atoms with Crippen molar-refractivity contribution in [1.29, 1.82) is 0 Å². The maximum atomic E-state index is 13.5. The lowest BCUT2D eigenvalue weighted by Gasteiger charge is -2.25. The van der Waals surface area contributed by atoms with Gasteiger partial charge >= 0.3 is 11.2 Å². The first kappa shape index (κ1) is 15.3. The number of ether oxygens (including phenoxy) is 1. The van der Waals surface area contributed by atoms with Gasteiger partial charge in [-0.3, -0.25) is 0 Å². The summed E-state index contributed by atoms with van der Waals surface area (Å²) in [4.78, 5) is 0.110. The van der Waals surface area contributed by atoms with Crippen molar-refractivity contribution in [1.82, 2.24) is 0 Å². The second-order valence-electron chi connectivity index (χ2n) is 3.58. The summed E-state index contributed by atoms with van der Waals surface area (Å²) in [5, 5.41) is -4.15. The van der Waals surface area contributed by atoms with Gasteiger partial charge in [-0.05, 0) is 30.8 Å². The van der Waals surface area contributed by atoms with Gasteiger partial charge in [0.15, 0.2) is 0 Å². The summed E-state index contributed by atoms with van der Waals surface area (Å²) in [6, 6.07) is 7.43. The monoisotopic (exact) mass is 282 g/mol. The molecule has 0 saturated carbocycles. The molecular weight excluding hydrogens is 268 g/mol. The highest BCUT2D eigenvalue weighted by Crippen LogP contribution is 2.48. The Morgan fingerprint density at radius 2 is 1.72 bits per heavy atom. The van der Waals surface area contributed by atoms with Crippen LogP contribution >= 0.6 is 11.8 Å². The highest BCUT2D eigenvalue weighted by molar-refractivity contribution is 8.00. The Labute approximate surface area is 108 Å². The van der Waals surface area contributed by atoms with Gasteiger partial charge in [0.1, 0.15) is 0 Å². The molecule has 0 fully saturated rings. The van der Waals surface area contributed by atoms with Crippen LogP contribution in [-0.2, 0) is 4.74 Å². The average Bonchev–Trinajstić information content (AvgIpc) is 2.29. The van der Waals surface area contributed by atoms with Crippen LogP contribution in [0.25, 0.3) is 0 Å². The molecule has 0 aliphatic heterocycles. The Morgan fingerprint density at radius 3 is 2.28 bits per heavy atom. The summed E-state index contributed by atoms with van der Waals surface area (Å²) >= 11 is -0.128. The van der Waals surface area contributed by atoms with Crippen molar-refractivity contribution in [2.24, 2.45) is 0 Å². The van der Waals surface area contributed by atoms with Crippen molar-refractivity contribution in [3.8, 4) is 0 Å². The predicted octanol–water partition coefficient (Wildman–Crippen LogP) is 4.43. The molecule has 0 aliphatic rings. The molecule has 0 atom stereocenters. The summed E-state index contributed by atoms with van der Waals surface area (Å²) in [5.41, 5.74) is 0. The maximum Gasteiger partial charge on any atom is 0.360 e. The number of rotatable bonds is 7. The number of benzene rings is 1. The molecule has 0 saturated heterocycles. The first-order valence-corrected chi connectivity index (χ1v) is 6.28. The normalized spacial score (nSPS) is 12.7. The number of hydrogen-bond donors (Lipinski definition) is 0. The summed E-state index contributed by atoms with van der Waals surface area (Å²) in [7, 11) is 0. The van der Waals surface area contributed by atoms with E-state index in [0.717, 1.165) is 0 Å². The Balaban J connectivity index is 2.66. The molecule has 1 rings (SSSR count). The van der Waals surface area contributed by atoms with E-state index in [1.807, 2.05) is 0 Å². The van der Waals surface area contributed by atoms with Gasteiger partial charge in [-0.2, -0.15) is 17.6 Å². The van der Waals surface area contributed by atoms with Gasteiger partial charge in [-0.25, -0.2) is 0 Å². The van der Waals surface area contributed by atoms with Crippen molar-refractivity contribution in [2.45, 2.75) is 29.4 Å². The minimum Gasteiger partial charge on any atom is -0.382 e. The molecule has 6 heteroatoms. The Bertz CT molecular complexity index is 356. The molecule has 0 amide bonds. The van der Waals surface area contributed by atoms with E-state index in [0.29, 0.717) is 0 Å². The van der Waals surface area contributed by atoms with Crippen LogP contribution in [0.4, 0.5) is 17.6 Å². The zero-order valence-corrected chi connectivity index (χ0v) is 10.7. The number of halogens is 4. The van der Waals surface area contributed by atoms with Gasteiger partial charge < -0.3 is 4.74 Å². The molecule has 1 aromatic carbocycles. The van der Waals surface area contributed by atoms with Crippen LogP contribution < -0.4 is 0 Å². The van der Waals surface area contributed by atoms with Crippen LogP contribution in [0.5, 0.6) is 0 Å². The zero-order valence-electron chi connectivity index (χ0n) is 9.84. The third kappa shape index (κ3) is 4.17. The van der Waals surface area contributed by atoms with Crippen LogP contribution in [0.15, 0.2) is 35.2 Å². The molecule has 0 unspecified atom stereocenters. The summed E-state index contributed by atoms with van der Waals surface area (Å²) in [6.45, 7) is 1.47. The summed E-state index contributed by atoms with van der Waals surface area (Å²) in [5.74, 6) is -4.09. The number of alkyl halides is 4. The fourth-order valence-corrected chi connectivity index (χ4v) is 2.04. The molecule has 0 aliphatic carbocycles. The lowest BCUT2D eigenvalue weighted by Crippen LogP contribution is -2.38. The first-order chi connectivity index (χ1) is 8.39. The molecule has 0 bridgehead atoms. The van der Waals surface area contributed by atoms with E-state index in [-0.39, 0.29) is 29.9 Å². The van der Waals surface area contributed by atoms with Crippen molar-refractivity contribution >= 4 is 11.8 Å². The zero-order chi connectivity index (χ0) is 13.6. The molecule has 0 aromatic heterocycles. The molecule has 102 valence electrons. The van der Waals surface area contributed by atoms with Gasteiger partial charge in [0.05, 0.1) is 6.61 Å². The lowest BCUT2D eigenvalue weighted by atomic mass is 10.2. The summed E-state index contributed by atoms with van der Waals surface area (Å²) < 4.78 is 58.4. The van der Waals surface area contributed by atoms with E-state index in [1.165, 1.54) is 24.3 Å². The van der Waals surface area contributed by atoms with Gasteiger partial charge in [0.25, 0.3) is 0 Å². The van der Waals surface area contributed by atoms with E-state index in [4.69, 9.17) is 4.74 Å². The first-order valence-electron chi connectivity index (χ1n) is 5.46. The smallest absolute Gasteiger partial charge is 0.360 e. The molecule has 1 aromatic rings. The van der Waals surface area contributed by atoms with E-state index < -0.39 is 17.6 Å². The van der Waals surface area contributed by atoms with Crippen LogP contribution in [-0.4, -0.2) is 24.4 Å². The minimum atomic E-state index is -4.15. The van der Waals surface area contributed by atoms with Crippen LogP contribution in [0.2, 0.25) is 0 Å². The predicted molar refractivity (Wildman–Crippen MR) is 63.3 cm³/mol. The average molecular weight is 282 g/mol. The van der Waals surface area contributed by atoms with E-state index in [1.54, 1.807) is 13.0 Å². The van der Waals surface area contributed by atoms with E-state index in [9.17, 15) is 17.6 Å². The number of thioether (sulfide) groups is 1. The van der Waals surface area contributed by atoms with Gasteiger partial charge in [-0.15, -0.1) is 0 Å². The fraction of sp³-hybridized carbons (Fsp3) is 0.500. The minimum absolute atomic E-state index is 0.110. The second kappa shape index (κ2) is 6.43. The highest BCUT2D eigenvalue weighted by Gasteiger charge is 2.56. The van der Waals surface area contributed by atoms with E-state index in [2.05, 4.69) is 0 Å². The molecule has 0 radical (unpaired) electrons. The largest absolute Gasteiger partial charge is 0.382 e. The van der Waals surface area contributed by atoms with Crippen molar-refractivity contribution < 1.29 is 22.3 Å². The molecule has 0 spiro atoms. The maximum absolute atomic E-state index is 13.5. The fourth-order valence-electron chi connectivity index (χ4n) is 1.20. The van der Waals surface area contributed by atoms with Crippen LogP contribution in [0.3, 0.4) is 0 Å². The van der Waals surface area contributed by atoms with Crippen LogP contribution in [0, 0.1) is 0 Å². The van der Waals surface area contributed by atoms with Gasteiger partial charge in [0, 0.05) is 17.9 Å². The van der Waals surface area contributed by atoms with Crippen molar-refractivity contribution in [3.63, 3.8) is 0 Å². The quantitative estimate of drug-likeness (QED) is 0.415. The lowest BCUT2D eigenvalue weighted by molar-refractivity contribution is -0.162. The molecule has 18 heavy (non-hydrogen) atoms. The molecular formula is C12H14F4OS. The van der Waals surface area contributed by atoms with Crippen LogP contribution in [0.1, 0.15) is 13.3 Å². The second-order valence-corrected chi connectivity index (χ2v) is 4.77. The van der Waals surface area contributed by atoms with Crippen molar-refractivity contribution in [2.75, 3.05) is 13.2 Å². The molecule has 1 nitrogen and oxygen atoms in total. The highest BCUT2D eigenvalue weighted by atomic mass is 32.2. The van der Waals surface area contributed by atoms with Gasteiger partial charge in [0.2, 0.25) is 0 Å². The molecule has 0 N–H and O–H groups in total.